The number of rotatable bonds is 6. The average molecular weight is 697 g/mol. The van der Waals surface area contributed by atoms with Gasteiger partial charge >= 0.3 is 17.9 Å². The third-order valence-electron chi connectivity index (χ3n) is 14.1. The summed E-state index contributed by atoms with van der Waals surface area (Å²) in [6, 6.07) is 0. The van der Waals surface area contributed by atoms with E-state index in [1.165, 1.54) is 6.92 Å². The molecule has 1 aliphatic heterocycles. The Morgan fingerprint density at radius 3 is 2.27 bits per heavy atom. The predicted octanol–water partition coefficient (Wildman–Crippen LogP) is 7.88. The maximum atomic E-state index is 13.8. The van der Waals surface area contributed by atoms with Gasteiger partial charge in [-0.2, -0.15) is 0 Å². The third-order valence-corrected chi connectivity index (χ3v) is 17.6. The molecule has 7 aliphatic rings. The van der Waals surface area contributed by atoms with E-state index in [1.54, 1.807) is 0 Å². The molecule has 2 bridgehead atoms. The second-order valence-corrected chi connectivity index (χ2v) is 17.8. The molecule has 41 heavy (non-hydrogen) atoms. The summed E-state index contributed by atoms with van der Waals surface area (Å²) in [6.45, 7) is 15.7. The molecule has 0 radical (unpaired) electrons. The quantitative estimate of drug-likeness (QED) is 0.122. The van der Waals surface area contributed by atoms with E-state index < -0.39 is 17.3 Å². The molecule has 0 N–H and O–H groups in total. The average Bonchev–Trinajstić information content (AvgIpc) is 3.43. The number of allylic oxidation sites excluding steroid dienone is 2. The molecule has 0 aromatic heterocycles. The standard InChI is InChI=1S/C34H48Br2O5/c1-17(2)18(3)27(35)28(36)19(4)22-8-9-23-31(22,6)12-11-24-32(7)13-10-21(40-20(5)37)16-33(32)14-15-34(23,24)26-25(33)29(38)41-30(26)39/h14-15,17-19,21-28H,8-13,16H2,1-7H3/t18-,19+,21-,22+,23+,24+,25-,26-,27-,28+,31-,32-,33+,34+/m1/s1. The number of hydrogen-bond donors (Lipinski definition) is 0. The van der Waals surface area contributed by atoms with Gasteiger partial charge in [0, 0.05) is 27.4 Å². The van der Waals surface area contributed by atoms with Crippen LogP contribution < -0.4 is 0 Å². The van der Waals surface area contributed by atoms with Crippen LogP contribution in [0.25, 0.3) is 0 Å². The molecule has 0 aromatic carbocycles. The predicted molar refractivity (Wildman–Crippen MR) is 165 cm³/mol. The van der Waals surface area contributed by atoms with Gasteiger partial charge in [0.1, 0.15) is 6.10 Å². The van der Waals surface area contributed by atoms with Crippen LogP contribution in [0, 0.1) is 69.0 Å². The highest BCUT2D eigenvalue weighted by molar-refractivity contribution is 9.12. The number of alkyl halides is 2. The second kappa shape index (κ2) is 9.91. The molecular weight excluding hydrogens is 648 g/mol. The number of hydrogen-bond acceptors (Lipinski definition) is 5. The van der Waals surface area contributed by atoms with Crippen LogP contribution in [-0.4, -0.2) is 33.7 Å². The highest BCUT2D eigenvalue weighted by Gasteiger charge is 2.81. The van der Waals surface area contributed by atoms with Crippen molar-refractivity contribution in [1.29, 1.82) is 0 Å². The molecule has 0 amide bonds. The Bertz CT molecular complexity index is 1170. The van der Waals surface area contributed by atoms with Crippen LogP contribution in [-0.2, 0) is 23.9 Å². The molecule has 1 saturated heterocycles. The van der Waals surface area contributed by atoms with Crippen LogP contribution in [0.3, 0.4) is 0 Å². The van der Waals surface area contributed by atoms with Gasteiger partial charge in [-0.05, 0) is 91.3 Å². The lowest BCUT2D eigenvalue weighted by Gasteiger charge is -2.74. The minimum absolute atomic E-state index is 0.0825. The summed E-state index contributed by atoms with van der Waals surface area (Å²) in [5, 5.41) is 0. The fourth-order valence-corrected chi connectivity index (χ4v) is 13.9. The van der Waals surface area contributed by atoms with Gasteiger partial charge in [-0.25, -0.2) is 0 Å². The van der Waals surface area contributed by atoms with Gasteiger partial charge in [-0.3, -0.25) is 14.4 Å². The van der Waals surface area contributed by atoms with Crippen LogP contribution in [0.1, 0.15) is 93.4 Å². The second-order valence-electron chi connectivity index (χ2n) is 15.6. The van der Waals surface area contributed by atoms with Crippen molar-refractivity contribution in [2.45, 2.75) is 109 Å². The van der Waals surface area contributed by atoms with Crippen molar-refractivity contribution in [2.75, 3.05) is 0 Å². The summed E-state index contributed by atoms with van der Waals surface area (Å²) in [7, 11) is 0. The van der Waals surface area contributed by atoms with Crippen molar-refractivity contribution < 1.29 is 23.9 Å². The molecule has 5 fully saturated rings. The Kier molecular flexibility index (Phi) is 7.33. The van der Waals surface area contributed by atoms with Crippen LogP contribution in [0.5, 0.6) is 0 Å². The zero-order chi connectivity index (χ0) is 29.9. The number of carbonyl (C=O) groups is 3. The fourth-order valence-electron chi connectivity index (χ4n) is 11.9. The molecule has 6 aliphatic carbocycles. The first-order valence-electron chi connectivity index (χ1n) is 16.1. The molecule has 5 nitrogen and oxygen atoms in total. The van der Waals surface area contributed by atoms with Crippen LogP contribution in [0.4, 0.5) is 0 Å². The number of carbonyl (C=O) groups excluding carboxylic acids is 3. The van der Waals surface area contributed by atoms with Crippen LogP contribution >= 0.6 is 31.9 Å². The highest BCUT2D eigenvalue weighted by Crippen LogP contribution is 2.82. The summed E-state index contributed by atoms with van der Waals surface area (Å²) < 4.78 is 11.3. The first-order valence-corrected chi connectivity index (χ1v) is 17.9. The summed E-state index contributed by atoms with van der Waals surface area (Å²) in [4.78, 5) is 40.1. The van der Waals surface area contributed by atoms with E-state index in [2.05, 4.69) is 85.6 Å². The van der Waals surface area contributed by atoms with Gasteiger partial charge in [0.15, 0.2) is 0 Å². The molecular formula is C34H48Br2O5. The lowest BCUT2D eigenvalue weighted by atomic mass is 9.28. The first-order chi connectivity index (χ1) is 19.2. The fraction of sp³-hybridized carbons (Fsp3) is 0.853. The highest BCUT2D eigenvalue weighted by atomic mass is 79.9. The maximum absolute atomic E-state index is 13.8. The van der Waals surface area contributed by atoms with E-state index in [0.717, 1.165) is 38.5 Å². The molecule has 1 heterocycles. The zero-order valence-corrected chi connectivity index (χ0v) is 28.9. The smallest absolute Gasteiger partial charge is 0.318 e. The van der Waals surface area contributed by atoms with Crippen molar-refractivity contribution in [3.8, 4) is 0 Å². The van der Waals surface area contributed by atoms with Crippen molar-refractivity contribution in [1.82, 2.24) is 0 Å². The zero-order valence-electron chi connectivity index (χ0n) is 25.8. The lowest BCUT2D eigenvalue weighted by molar-refractivity contribution is -0.243. The SMILES string of the molecule is CC(=O)O[C@@H]1CC[C@]2(C)[C@@H]3CC[C@]4(C)[C@H]([C@H](C)[C@H](Br)[C@H](Br)[C@H](C)C(C)C)CC[C@@H]4[C@@]34C=C[C@]2(C1)[C@H]1C(=O)OC(=O)[C@@H]14. The van der Waals surface area contributed by atoms with E-state index in [0.29, 0.717) is 51.6 Å². The normalized spacial score (nSPS) is 48.9. The Hall–Kier alpha value is -0.690. The van der Waals surface area contributed by atoms with Gasteiger partial charge < -0.3 is 9.47 Å². The molecule has 7 heteroatoms. The molecule has 0 aromatic rings. The number of ether oxygens (including phenoxy) is 2. The number of esters is 3. The molecule has 14 atom stereocenters. The van der Waals surface area contributed by atoms with Crippen LogP contribution in [0.15, 0.2) is 12.2 Å². The maximum Gasteiger partial charge on any atom is 0.318 e. The van der Waals surface area contributed by atoms with E-state index >= 15 is 0 Å². The first kappa shape index (κ1) is 30.3. The van der Waals surface area contributed by atoms with E-state index in [1.807, 2.05) is 0 Å². The Morgan fingerprint density at radius 2 is 1.61 bits per heavy atom. The van der Waals surface area contributed by atoms with E-state index in [-0.39, 0.29) is 40.3 Å². The topological polar surface area (TPSA) is 69.7 Å². The van der Waals surface area contributed by atoms with Gasteiger partial charge in [-0.15, -0.1) is 0 Å². The monoisotopic (exact) mass is 694 g/mol. The van der Waals surface area contributed by atoms with Crippen molar-refractivity contribution in [3.05, 3.63) is 12.2 Å². The summed E-state index contributed by atoms with van der Waals surface area (Å²) >= 11 is 8.23. The summed E-state index contributed by atoms with van der Waals surface area (Å²) in [5.41, 5.74) is -0.929. The summed E-state index contributed by atoms with van der Waals surface area (Å²) in [6.07, 6.45) is 11.3. The van der Waals surface area contributed by atoms with Gasteiger partial charge in [0.2, 0.25) is 0 Å². The van der Waals surface area contributed by atoms with Crippen molar-refractivity contribution in [2.24, 2.45) is 69.0 Å². The number of fused-ring (bicyclic) bond motifs is 1. The lowest BCUT2D eigenvalue weighted by Crippen LogP contribution is -2.72. The minimum Gasteiger partial charge on any atom is -0.463 e. The van der Waals surface area contributed by atoms with E-state index in [4.69, 9.17) is 9.47 Å². The Morgan fingerprint density at radius 1 is 0.927 bits per heavy atom. The molecule has 228 valence electrons. The third kappa shape index (κ3) is 3.84. The Balaban J connectivity index is 1.41. The van der Waals surface area contributed by atoms with Gasteiger partial charge in [0.25, 0.3) is 0 Å². The Labute approximate surface area is 263 Å². The number of cyclic esters (lactones) is 2. The van der Waals surface area contributed by atoms with Crippen LogP contribution in [0.2, 0.25) is 0 Å². The molecule has 0 unspecified atom stereocenters. The van der Waals surface area contributed by atoms with Crippen molar-refractivity contribution >= 4 is 49.8 Å². The van der Waals surface area contributed by atoms with E-state index in [9.17, 15) is 14.4 Å². The molecule has 7 rings (SSSR count). The van der Waals surface area contributed by atoms with Gasteiger partial charge in [-0.1, -0.05) is 85.6 Å². The largest absolute Gasteiger partial charge is 0.463 e. The molecule has 4 saturated carbocycles. The van der Waals surface area contributed by atoms with Gasteiger partial charge in [0.05, 0.1) is 11.8 Å². The number of halogens is 2. The molecule has 2 spiro atoms. The van der Waals surface area contributed by atoms with Crippen molar-refractivity contribution in [3.63, 3.8) is 0 Å². The minimum atomic E-state index is -0.512. The summed E-state index contributed by atoms with van der Waals surface area (Å²) in [5.74, 6) is 0.953.